The standard InChI is InChI=1S/C15H19ClN4O/c1-4-5-11-14(17-2)18-9-19-15(11)20-10-6-7-13(21-3)12(16)8-10/h6-9H,4-5H2,1-3H3,(H2,17,18,19,20). The molecule has 0 fully saturated rings. The van der Waals surface area contributed by atoms with Gasteiger partial charge < -0.3 is 15.4 Å². The van der Waals surface area contributed by atoms with Crippen LogP contribution in [0.15, 0.2) is 24.5 Å². The van der Waals surface area contributed by atoms with Gasteiger partial charge in [0.2, 0.25) is 0 Å². The molecule has 0 aliphatic heterocycles. The first-order chi connectivity index (χ1) is 10.2. The molecule has 0 spiro atoms. The Morgan fingerprint density at radius 3 is 2.62 bits per heavy atom. The normalized spacial score (nSPS) is 10.3. The van der Waals surface area contributed by atoms with Gasteiger partial charge in [0.15, 0.2) is 0 Å². The molecule has 1 aromatic heterocycles. The molecule has 2 N–H and O–H groups in total. The third-order valence-corrected chi connectivity index (χ3v) is 3.39. The Balaban J connectivity index is 2.32. The minimum Gasteiger partial charge on any atom is -0.495 e. The summed E-state index contributed by atoms with van der Waals surface area (Å²) in [7, 11) is 3.45. The number of hydrogen-bond acceptors (Lipinski definition) is 5. The van der Waals surface area contributed by atoms with Crippen molar-refractivity contribution < 1.29 is 4.74 Å². The zero-order valence-electron chi connectivity index (χ0n) is 12.4. The van der Waals surface area contributed by atoms with Gasteiger partial charge in [-0.25, -0.2) is 9.97 Å². The van der Waals surface area contributed by atoms with Gasteiger partial charge in [-0.15, -0.1) is 0 Å². The summed E-state index contributed by atoms with van der Waals surface area (Å²) in [6, 6.07) is 5.54. The number of ether oxygens (including phenoxy) is 1. The molecule has 112 valence electrons. The summed E-state index contributed by atoms with van der Waals surface area (Å²) in [6.45, 7) is 2.13. The van der Waals surface area contributed by atoms with E-state index in [1.54, 1.807) is 13.4 Å². The van der Waals surface area contributed by atoms with Gasteiger partial charge in [0.1, 0.15) is 23.7 Å². The molecule has 0 saturated heterocycles. The summed E-state index contributed by atoms with van der Waals surface area (Å²) < 4.78 is 5.15. The van der Waals surface area contributed by atoms with E-state index >= 15 is 0 Å². The van der Waals surface area contributed by atoms with Crippen LogP contribution in [-0.2, 0) is 6.42 Å². The number of nitrogens with zero attached hydrogens (tertiary/aromatic N) is 2. The third-order valence-electron chi connectivity index (χ3n) is 3.10. The molecule has 0 unspecified atom stereocenters. The highest BCUT2D eigenvalue weighted by Crippen LogP contribution is 2.30. The average Bonchev–Trinajstić information content (AvgIpc) is 2.49. The van der Waals surface area contributed by atoms with Crippen molar-refractivity contribution >= 4 is 28.9 Å². The summed E-state index contributed by atoms with van der Waals surface area (Å²) in [5.41, 5.74) is 1.92. The largest absolute Gasteiger partial charge is 0.495 e. The molecule has 0 atom stereocenters. The maximum atomic E-state index is 6.15. The first-order valence-electron chi connectivity index (χ1n) is 6.81. The third kappa shape index (κ3) is 3.55. The second kappa shape index (κ2) is 7.13. The minimum absolute atomic E-state index is 0.558. The fourth-order valence-corrected chi connectivity index (χ4v) is 2.36. The molecule has 2 rings (SSSR count). The molecular weight excluding hydrogens is 288 g/mol. The van der Waals surface area contributed by atoms with Gasteiger partial charge in [-0.3, -0.25) is 0 Å². The number of anilines is 3. The van der Waals surface area contributed by atoms with Crippen molar-refractivity contribution in [3.63, 3.8) is 0 Å². The van der Waals surface area contributed by atoms with E-state index in [-0.39, 0.29) is 0 Å². The molecule has 0 aliphatic rings. The molecule has 0 amide bonds. The predicted molar refractivity (Wildman–Crippen MR) is 86.9 cm³/mol. The molecule has 0 saturated carbocycles. The van der Waals surface area contributed by atoms with Gasteiger partial charge in [-0.1, -0.05) is 24.9 Å². The Labute approximate surface area is 129 Å². The van der Waals surface area contributed by atoms with Crippen molar-refractivity contribution in [1.29, 1.82) is 0 Å². The number of hydrogen-bond donors (Lipinski definition) is 2. The molecule has 21 heavy (non-hydrogen) atoms. The first-order valence-corrected chi connectivity index (χ1v) is 7.19. The minimum atomic E-state index is 0.558. The molecular formula is C15H19ClN4O. The van der Waals surface area contributed by atoms with E-state index in [9.17, 15) is 0 Å². The Hall–Kier alpha value is -2.01. The SMILES string of the molecule is CCCc1c(NC)ncnc1Nc1ccc(OC)c(Cl)c1. The molecule has 5 nitrogen and oxygen atoms in total. The van der Waals surface area contributed by atoms with Crippen LogP contribution in [0.1, 0.15) is 18.9 Å². The van der Waals surface area contributed by atoms with Crippen molar-refractivity contribution in [2.45, 2.75) is 19.8 Å². The lowest BCUT2D eigenvalue weighted by Crippen LogP contribution is -2.05. The lowest BCUT2D eigenvalue weighted by Gasteiger charge is -2.14. The Morgan fingerprint density at radius 1 is 1.24 bits per heavy atom. The van der Waals surface area contributed by atoms with Crippen LogP contribution in [0.3, 0.4) is 0 Å². The van der Waals surface area contributed by atoms with Crippen LogP contribution in [0.4, 0.5) is 17.3 Å². The Morgan fingerprint density at radius 2 is 2.00 bits per heavy atom. The molecule has 0 bridgehead atoms. The maximum Gasteiger partial charge on any atom is 0.139 e. The van der Waals surface area contributed by atoms with Gasteiger partial charge in [0.05, 0.1) is 12.1 Å². The van der Waals surface area contributed by atoms with Gasteiger partial charge >= 0.3 is 0 Å². The zero-order chi connectivity index (χ0) is 15.2. The fourth-order valence-electron chi connectivity index (χ4n) is 2.10. The van der Waals surface area contributed by atoms with Gasteiger partial charge in [-0.05, 0) is 24.6 Å². The van der Waals surface area contributed by atoms with Crippen LogP contribution < -0.4 is 15.4 Å². The van der Waals surface area contributed by atoms with Crippen molar-refractivity contribution in [1.82, 2.24) is 9.97 Å². The summed E-state index contributed by atoms with van der Waals surface area (Å²) in [4.78, 5) is 8.59. The lowest BCUT2D eigenvalue weighted by atomic mass is 10.1. The van der Waals surface area contributed by atoms with Crippen molar-refractivity contribution in [3.05, 3.63) is 35.1 Å². The molecule has 1 heterocycles. The van der Waals surface area contributed by atoms with E-state index in [2.05, 4.69) is 27.5 Å². The predicted octanol–water partition coefficient (Wildman–Crippen LogP) is 3.88. The highest BCUT2D eigenvalue weighted by molar-refractivity contribution is 6.32. The highest BCUT2D eigenvalue weighted by Gasteiger charge is 2.11. The lowest BCUT2D eigenvalue weighted by molar-refractivity contribution is 0.415. The van der Waals surface area contributed by atoms with Crippen molar-refractivity contribution in [2.24, 2.45) is 0 Å². The van der Waals surface area contributed by atoms with E-state index in [1.807, 2.05) is 25.2 Å². The fraction of sp³-hybridized carbons (Fsp3) is 0.333. The highest BCUT2D eigenvalue weighted by atomic mass is 35.5. The van der Waals surface area contributed by atoms with Gasteiger partial charge in [0, 0.05) is 18.3 Å². The molecule has 2 aromatic rings. The van der Waals surface area contributed by atoms with Crippen LogP contribution in [0.2, 0.25) is 5.02 Å². The van der Waals surface area contributed by atoms with Crippen LogP contribution in [0.25, 0.3) is 0 Å². The summed E-state index contributed by atoms with van der Waals surface area (Å²) in [5, 5.41) is 6.95. The molecule has 0 aliphatic carbocycles. The molecule has 6 heteroatoms. The molecule has 1 aromatic carbocycles. The van der Waals surface area contributed by atoms with Crippen LogP contribution in [0.5, 0.6) is 5.75 Å². The first kappa shape index (κ1) is 15.4. The second-order valence-electron chi connectivity index (χ2n) is 4.52. The van der Waals surface area contributed by atoms with Crippen molar-refractivity contribution in [3.8, 4) is 5.75 Å². The second-order valence-corrected chi connectivity index (χ2v) is 4.93. The van der Waals surface area contributed by atoms with Crippen molar-refractivity contribution in [2.75, 3.05) is 24.8 Å². The van der Waals surface area contributed by atoms with Crippen LogP contribution in [0, 0.1) is 0 Å². The number of halogens is 1. The van der Waals surface area contributed by atoms with Gasteiger partial charge in [0.25, 0.3) is 0 Å². The van der Waals surface area contributed by atoms with Crippen LogP contribution in [-0.4, -0.2) is 24.1 Å². The summed E-state index contributed by atoms with van der Waals surface area (Å²) in [6.07, 6.45) is 3.45. The van der Waals surface area contributed by atoms with Crippen LogP contribution >= 0.6 is 11.6 Å². The average molecular weight is 307 g/mol. The van der Waals surface area contributed by atoms with Gasteiger partial charge in [-0.2, -0.15) is 0 Å². The number of nitrogens with one attached hydrogen (secondary N) is 2. The molecule has 0 radical (unpaired) electrons. The number of methoxy groups -OCH3 is 1. The Bertz CT molecular complexity index is 619. The number of benzene rings is 1. The van der Waals surface area contributed by atoms with E-state index in [0.717, 1.165) is 35.7 Å². The zero-order valence-corrected chi connectivity index (χ0v) is 13.2. The smallest absolute Gasteiger partial charge is 0.139 e. The summed E-state index contributed by atoms with van der Waals surface area (Å²) in [5.74, 6) is 2.28. The Kier molecular flexibility index (Phi) is 5.22. The number of aromatic nitrogens is 2. The van der Waals surface area contributed by atoms with E-state index < -0.39 is 0 Å². The van der Waals surface area contributed by atoms with E-state index in [1.165, 1.54) is 0 Å². The summed E-state index contributed by atoms with van der Waals surface area (Å²) >= 11 is 6.15. The van der Waals surface area contributed by atoms with E-state index in [4.69, 9.17) is 16.3 Å². The monoisotopic (exact) mass is 306 g/mol. The quantitative estimate of drug-likeness (QED) is 0.848. The van der Waals surface area contributed by atoms with E-state index in [0.29, 0.717) is 10.8 Å². The number of rotatable bonds is 6. The topological polar surface area (TPSA) is 59.1 Å². The maximum absolute atomic E-state index is 6.15.